The Balaban J connectivity index is 1.65. The van der Waals surface area contributed by atoms with Gasteiger partial charge in [0.15, 0.2) is 0 Å². The van der Waals surface area contributed by atoms with Crippen molar-refractivity contribution in [1.29, 1.82) is 5.26 Å². The maximum absolute atomic E-state index is 13.1. The second-order valence-corrected chi connectivity index (χ2v) is 7.12. The number of nitrogens with zero attached hydrogens (tertiary/aromatic N) is 3. The molecule has 1 fully saturated rings. The molecule has 29 heavy (non-hydrogen) atoms. The van der Waals surface area contributed by atoms with E-state index in [1.54, 1.807) is 17.0 Å². The van der Waals surface area contributed by atoms with Crippen molar-refractivity contribution in [2.45, 2.75) is 31.5 Å². The van der Waals surface area contributed by atoms with Gasteiger partial charge in [-0.1, -0.05) is 23.7 Å². The van der Waals surface area contributed by atoms with Gasteiger partial charge in [-0.25, -0.2) is 4.98 Å². The van der Waals surface area contributed by atoms with Crippen LogP contribution in [0.4, 0.5) is 19.0 Å². The Morgan fingerprint density at radius 1 is 1.31 bits per heavy atom. The van der Waals surface area contributed by atoms with Crippen molar-refractivity contribution in [2.75, 3.05) is 18.0 Å². The summed E-state index contributed by atoms with van der Waals surface area (Å²) in [6, 6.07) is 10.2. The summed E-state index contributed by atoms with van der Waals surface area (Å²) < 4.78 is 39.2. The van der Waals surface area contributed by atoms with Crippen molar-refractivity contribution < 1.29 is 18.0 Å². The standard InChI is InChI=1S/C20H18ClF3N4O/c21-17-10-15(20(22,23)24)11-18(27-17)28-9-1-2-16(28)19(29)26-8-7-13-3-5-14(12-25)6-4-13/h3-6,10-11,16H,1-2,7-9H2,(H,26,29). The van der Waals surface area contributed by atoms with Crippen molar-refractivity contribution in [3.05, 3.63) is 58.2 Å². The van der Waals surface area contributed by atoms with Crippen molar-refractivity contribution in [3.8, 4) is 6.07 Å². The maximum Gasteiger partial charge on any atom is 0.416 e. The number of benzene rings is 1. The number of nitriles is 1. The van der Waals surface area contributed by atoms with Crippen LogP contribution in [0.1, 0.15) is 29.5 Å². The van der Waals surface area contributed by atoms with Gasteiger partial charge in [-0.05, 0) is 49.1 Å². The summed E-state index contributed by atoms with van der Waals surface area (Å²) in [6.45, 7) is 0.810. The number of pyridine rings is 1. The highest BCUT2D eigenvalue weighted by Gasteiger charge is 2.35. The Labute approximate surface area is 171 Å². The predicted octanol–water partition coefficient (Wildman–Crippen LogP) is 3.95. The minimum Gasteiger partial charge on any atom is -0.354 e. The number of carbonyl (C=O) groups is 1. The number of hydrogen-bond acceptors (Lipinski definition) is 4. The number of hydrogen-bond donors (Lipinski definition) is 1. The van der Waals surface area contributed by atoms with Crippen LogP contribution >= 0.6 is 11.6 Å². The summed E-state index contributed by atoms with van der Waals surface area (Å²) in [5, 5.41) is 11.4. The SMILES string of the molecule is N#Cc1ccc(CCNC(=O)C2CCCN2c2cc(C(F)(F)F)cc(Cl)n2)cc1. The maximum atomic E-state index is 13.1. The quantitative estimate of drug-likeness (QED) is 0.741. The van der Waals surface area contributed by atoms with Crippen molar-refractivity contribution in [3.63, 3.8) is 0 Å². The lowest BCUT2D eigenvalue weighted by molar-refractivity contribution is -0.137. The van der Waals surface area contributed by atoms with Crippen LogP contribution in [0.3, 0.4) is 0 Å². The number of amides is 1. The van der Waals surface area contributed by atoms with E-state index in [1.165, 1.54) is 0 Å². The van der Waals surface area contributed by atoms with Gasteiger partial charge in [-0.15, -0.1) is 0 Å². The van der Waals surface area contributed by atoms with Crippen LogP contribution in [-0.2, 0) is 17.4 Å². The smallest absolute Gasteiger partial charge is 0.354 e. The topological polar surface area (TPSA) is 69.0 Å². The normalized spacial score (nSPS) is 16.5. The summed E-state index contributed by atoms with van der Waals surface area (Å²) in [6.07, 6.45) is -2.76. The Kier molecular flexibility index (Phi) is 6.28. The Bertz CT molecular complexity index is 925. The molecule has 2 heterocycles. The lowest BCUT2D eigenvalue weighted by atomic mass is 10.1. The molecule has 1 amide bonds. The molecule has 1 aliphatic heterocycles. The Morgan fingerprint density at radius 2 is 2.03 bits per heavy atom. The van der Waals surface area contributed by atoms with E-state index in [9.17, 15) is 18.0 Å². The molecule has 5 nitrogen and oxygen atoms in total. The van der Waals surface area contributed by atoms with Crippen LogP contribution < -0.4 is 10.2 Å². The minimum atomic E-state index is -4.54. The van der Waals surface area contributed by atoms with E-state index in [1.807, 2.05) is 18.2 Å². The molecule has 0 radical (unpaired) electrons. The second-order valence-electron chi connectivity index (χ2n) is 6.74. The third kappa shape index (κ3) is 5.18. The fraction of sp³-hybridized carbons (Fsp3) is 0.350. The highest BCUT2D eigenvalue weighted by Crippen LogP contribution is 2.34. The van der Waals surface area contributed by atoms with E-state index < -0.39 is 17.8 Å². The molecule has 9 heteroatoms. The van der Waals surface area contributed by atoms with Crippen LogP contribution in [0.5, 0.6) is 0 Å². The van der Waals surface area contributed by atoms with Gasteiger partial charge in [-0.2, -0.15) is 18.4 Å². The summed E-state index contributed by atoms with van der Waals surface area (Å²) in [5.74, 6) is -0.207. The van der Waals surface area contributed by atoms with E-state index in [2.05, 4.69) is 10.3 Å². The molecule has 1 atom stereocenters. The van der Waals surface area contributed by atoms with Gasteiger partial charge in [0.05, 0.1) is 17.2 Å². The minimum absolute atomic E-state index is 0.0505. The molecule has 0 aliphatic carbocycles. The van der Waals surface area contributed by atoms with Gasteiger partial charge in [0, 0.05) is 13.1 Å². The number of aromatic nitrogens is 1. The zero-order chi connectivity index (χ0) is 21.0. The molecule has 0 spiro atoms. The van der Waals surface area contributed by atoms with E-state index in [0.29, 0.717) is 37.9 Å². The van der Waals surface area contributed by atoms with Crippen LogP contribution in [-0.4, -0.2) is 30.0 Å². The van der Waals surface area contributed by atoms with E-state index in [4.69, 9.17) is 16.9 Å². The third-order valence-electron chi connectivity index (χ3n) is 4.75. The van der Waals surface area contributed by atoms with Crippen molar-refractivity contribution in [2.24, 2.45) is 0 Å². The molecule has 1 aromatic heterocycles. The van der Waals surface area contributed by atoms with Gasteiger partial charge in [0.1, 0.15) is 17.0 Å². The molecule has 0 saturated carbocycles. The number of halogens is 4. The third-order valence-corrected chi connectivity index (χ3v) is 4.95. The fourth-order valence-electron chi connectivity index (χ4n) is 3.30. The molecule has 0 bridgehead atoms. The first-order valence-corrected chi connectivity index (χ1v) is 9.44. The number of rotatable bonds is 5. The lowest BCUT2D eigenvalue weighted by Gasteiger charge is -2.25. The molecule has 1 unspecified atom stereocenters. The number of carbonyl (C=O) groups excluding carboxylic acids is 1. The number of nitrogens with one attached hydrogen (secondary N) is 1. The summed E-state index contributed by atoms with van der Waals surface area (Å²) >= 11 is 5.78. The molecule has 1 N–H and O–H groups in total. The van der Waals surface area contributed by atoms with Crippen molar-refractivity contribution in [1.82, 2.24) is 10.3 Å². The zero-order valence-electron chi connectivity index (χ0n) is 15.3. The average molecular weight is 423 g/mol. The number of anilines is 1. The Hall–Kier alpha value is -2.79. The lowest BCUT2D eigenvalue weighted by Crippen LogP contribution is -2.44. The van der Waals surface area contributed by atoms with E-state index in [-0.39, 0.29) is 16.9 Å². The zero-order valence-corrected chi connectivity index (χ0v) is 16.1. The first-order valence-electron chi connectivity index (χ1n) is 9.06. The largest absolute Gasteiger partial charge is 0.416 e. The monoisotopic (exact) mass is 422 g/mol. The molecule has 3 rings (SSSR count). The molecule has 1 aliphatic rings. The summed E-state index contributed by atoms with van der Waals surface area (Å²) in [7, 11) is 0. The highest BCUT2D eigenvalue weighted by molar-refractivity contribution is 6.29. The van der Waals surface area contributed by atoms with Crippen LogP contribution in [0.15, 0.2) is 36.4 Å². The molecular weight excluding hydrogens is 405 g/mol. The first kappa shape index (κ1) is 20.9. The van der Waals surface area contributed by atoms with Gasteiger partial charge in [0.25, 0.3) is 0 Å². The first-order chi connectivity index (χ1) is 13.8. The summed E-state index contributed by atoms with van der Waals surface area (Å²) in [4.78, 5) is 18.2. The van der Waals surface area contributed by atoms with Gasteiger partial charge >= 0.3 is 6.18 Å². The molecular formula is C20H18ClF3N4O. The number of alkyl halides is 3. The van der Waals surface area contributed by atoms with Gasteiger partial charge in [-0.3, -0.25) is 4.79 Å². The fourth-order valence-corrected chi connectivity index (χ4v) is 3.51. The van der Waals surface area contributed by atoms with Crippen LogP contribution in [0.25, 0.3) is 0 Å². The van der Waals surface area contributed by atoms with E-state index >= 15 is 0 Å². The highest BCUT2D eigenvalue weighted by atomic mass is 35.5. The molecule has 2 aromatic rings. The Morgan fingerprint density at radius 3 is 2.69 bits per heavy atom. The van der Waals surface area contributed by atoms with Crippen molar-refractivity contribution >= 4 is 23.3 Å². The van der Waals surface area contributed by atoms with Crippen LogP contribution in [0.2, 0.25) is 5.15 Å². The molecule has 1 aromatic carbocycles. The predicted molar refractivity (Wildman–Crippen MR) is 102 cm³/mol. The second kappa shape index (κ2) is 8.70. The summed E-state index contributed by atoms with van der Waals surface area (Å²) in [5.41, 5.74) is 0.643. The average Bonchev–Trinajstić information content (AvgIpc) is 3.17. The van der Waals surface area contributed by atoms with Gasteiger partial charge < -0.3 is 10.2 Å². The van der Waals surface area contributed by atoms with E-state index in [0.717, 1.165) is 17.7 Å². The molecule has 152 valence electrons. The van der Waals surface area contributed by atoms with Gasteiger partial charge in [0.2, 0.25) is 5.91 Å². The van der Waals surface area contributed by atoms with Crippen LogP contribution in [0, 0.1) is 11.3 Å². The molecule has 1 saturated heterocycles.